The van der Waals surface area contributed by atoms with Crippen molar-refractivity contribution < 1.29 is 4.79 Å². The van der Waals surface area contributed by atoms with Crippen LogP contribution in [0.25, 0.3) is 0 Å². The first kappa shape index (κ1) is 18.2. The fourth-order valence-corrected chi connectivity index (χ4v) is 3.80. The molecule has 0 radical (unpaired) electrons. The molecule has 0 saturated carbocycles. The molecule has 0 atom stereocenters. The zero-order valence-electron chi connectivity index (χ0n) is 14.1. The van der Waals surface area contributed by atoms with E-state index in [-0.39, 0.29) is 12.3 Å². The van der Waals surface area contributed by atoms with E-state index in [1.54, 1.807) is 0 Å². The molecule has 3 aromatic rings. The molecule has 5 N–H and O–H groups in total. The Hall–Kier alpha value is -2.65. The number of aryl methyl sites for hydroxylation is 1. The van der Waals surface area contributed by atoms with Crippen LogP contribution in [0, 0.1) is 6.92 Å². The molecular formula is C17H18N6OS2. The quantitative estimate of drug-likeness (QED) is 0.440. The lowest BCUT2D eigenvalue weighted by Gasteiger charge is -2.04. The largest absolute Gasteiger partial charge is 0.383 e. The Morgan fingerprint density at radius 1 is 1.15 bits per heavy atom. The number of hydrogen-bond acceptors (Lipinski definition) is 8. The molecule has 1 amide bonds. The minimum Gasteiger partial charge on any atom is -0.383 e. The normalized spacial score (nSPS) is 10.7. The molecule has 3 rings (SSSR count). The molecule has 0 spiro atoms. The van der Waals surface area contributed by atoms with E-state index in [1.807, 2.05) is 36.6 Å². The molecule has 0 bridgehead atoms. The van der Waals surface area contributed by atoms with Crippen LogP contribution < -0.4 is 16.8 Å². The summed E-state index contributed by atoms with van der Waals surface area (Å²) in [6, 6.07) is 9.19. The molecule has 0 aliphatic carbocycles. The Morgan fingerprint density at radius 3 is 2.54 bits per heavy atom. The number of carbonyl (C=O) groups excluding carboxylic acids is 1. The average Bonchev–Trinajstić information content (AvgIpc) is 3.01. The molecule has 0 aliphatic heterocycles. The highest BCUT2D eigenvalue weighted by Gasteiger charge is 2.10. The number of carbonyl (C=O) groups is 1. The van der Waals surface area contributed by atoms with Crippen molar-refractivity contribution >= 4 is 46.3 Å². The van der Waals surface area contributed by atoms with Gasteiger partial charge in [-0.2, -0.15) is 0 Å². The first-order chi connectivity index (χ1) is 12.5. The summed E-state index contributed by atoms with van der Waals surface area (Å²) in [5.41, 5.74) is 14.1. The third kappa shape index (κ3) is 5.17. The highest BCUT2D eigenvalue weighted by Crippen LogP contribution is 2.22. The lowest BCUT2D eigenvalue weighted by Crippen LogP contribution is -2.14. The Labute approximate surface area is 159 Å². The van der Waals surface area contributed by atoms with Crippen molar-refractivity contribution in [3.05, 3.63) is 52.0 Å². The van der Waals surface area contributed by atoms with Gasteiger partial charge in [-0.05, 0) is 19.1 Å². The van der Waals surface area contributed by atoms with E-state index < -0.39 is 0 Å². The van der Waals surface area contributed by atoms with Gasteiger partial charge in [0, 0.05) is 22.9 Å². The number of rotatable bonds is 6. The molecule has 0 aliphatic rings. The number of hydrogen-bond donors (Lipinski definition) is 3. The summed E-state index contributed by atoms with van der Waals surface area (Å²) in [5, 5.41) is 6.07. The van der Waals surface area contributed by atoms with E-state index in [1.165, 1.54) is 29.2 Å². The second kappa shape index (κ2) is 8.15. The van der Waals surface area contributed by atoms with Gasteiger partial charge in [-0.25, -0.2) is 15.0 Å². The molecule has 9 heteroatoms. The number of benzene rings is 1. The van der Waals surface area contributed by atoms with Crippen molar-refractivity contribution in [1.82, 2.24) is 15.0 Å². The standard InChI is InChI=1S/C17H18N6OS2/c1-10-2-4-11(5-3-10)20-15(24)7-16-21-12(8-25-16)9-26-17-22-13(18)6-14(19)23-17/h2-6,8H,7,9H2,1H3,(H,20,24)(H4,18,19,22,23). The Morgan fingerprint density at radius 2 is 1.85 bits per heavy atom. The van der Waals surface area contributed by atoms with Crippen LogP contribution in [-0.2, 0) is 17.0 Å². The maximum atomic E-state index is 12.1. The number of aromatic nitrogens is 3. The third-order valence-corrected chi connectivity index (χ3v) is 5.12. The van der Waals surface area contributed by atoms with E-state index >= 15 is 0 Å². The number of nitrogens with zero attached hydrogens (tertiary/aromatic N) is 3. The maximum absolute atomic E-state index is 12.1. The number of nitrogen functional groups attached to an aromatic ring is 2. The summed E-state index contributed by atoms with van der Waals surface area (Å²) in [5.74, 6) is 1.17. The molecule has 2 aromatic heterocycles. The van der Waals surface area contributed by atoms with Gasteiger partial charge in [0.2, 0.25) is 5.91 Å². The zero-order valence-corrected chi connectivity index (χ0v) is 15.7. The Kier molecular flexibility index (Phi) is 5.69. The summed E-state index contributed by atoms with van der Waals surface area (Å²) in [6.45, 7) is 2.00. The monoisotopic (exact) mass is 386 g/mol. The van der Waals surface area contributed by atoms with Crippen LogP contribution in [-0.4, -0.2) is 20.9 Å². The maximum Gasteiger partial charge on any atom is 0.231 e. The van der Waals surface area contributed by atoms with Gasteiger partial charge in [-0.15, -0.1) is 11.3 Å². The van der Waals surface area contributed by atoms with Crippen molar-refractivity contribution in [2.75, 3.05) is 16.8 Å². The van der Waals surface area contributed by atoms with Crippen LogP contribution in [0.4, 0.5) is 17.3 Å². The van der Waals surface area contributed by atoms with Gasteiger partial charge in [0.15, 0.2) is 5.16 Å². The van der Waals surface area contributed by atoms with E-state index in [9.17, 15) is 4.79 Å². The first-order valence-corrected chi connectivity index (χ1v) is 9.67. The second-order valence-electron chi connectivity index (χ2n) is 5.61. The fraction of sp³-hybridized carbons (Fsp3) is 0.176. The molecule has 7 nitrogen and oxygen atoms in total. The van der Waals surface area contributed by atoms with Crippen molar-refractivity contribution in [3.63, 3.8) is 0 Å². The Bertz CT molecular complexity index is 890. The van der Waals surface area contributed by atoms with Crippen molar-refractivity contribution in [3.8, 4) is 0 Å². The number of amides is 1. The molecular weight excluding hydrogens is 368 g/mol. The van der Waals surface area contributed by atoms with Crippen LogP contribution in [0.1, 0.15) is 16.3 Å². The topological polar surface area (TPSA) is 120 Å². The third-order valence-electron chi connectivity index (χ3n) is 3.34. The number of nitrogens with two attached hydrogens (primary N) is 2. The van der Waals surface area contributed by atoms with Gasteiger partial charge in [0.05, 0.1) is 12.1 Å². The molecule has 0 fully saturated rings. The van der Waals surface area contributed by atoms with Gasteiger partial charge in [0.25, 0.3) is 0 Å². The summed E-state index contributed by atoms with van der Waals surface area (Å²) < 4.78 is 0. The zero-order chi connectivity index (χ0) is 18.5. The van der Waals surface area contributed by atoms with Crippen LogP contribution >= 0.6 is 23.1 Å². The average molecular weight is 387 g/mol. The van der Waals surface area contributed by atoms with Crippen LogP contribution in [0.5, 0.6) is 0 Å². The second-order valence-corrected chi connectivity index (χ2v) is 7.50. The minimum absolute atomic E-state index is 0.0886. The van der Waals surface area contributed by atoms with E-state index in [4.69, 9.17) is 11.5 Å². The van der Waals surface area contributed by atoms with Gasteiger partial charge in [-0.3, -0.25) is 4.79 Å². The lowest BCUT2D eigenvalue weighted by molar-refractivity contribution is -0.115. The highest BCUT2D eigenvalue weighted by atomic mass is 32.2. The van der Waals surface area contributed by atoms with E-state index in [2.05, 4.69) is 20.3 Å². The predicted molar refractivity (Wildman–Crippen MR) is 106 cm³/mol. The van der Waals surface area contributed by atoms with Crippen LogP contribution in [0.2, 0.25) is 0 Å². The van der Waals surface area contributed by atoms with E-state index in [0.29, 0.717) is 22.5 Å². The summed E-state index contributed by atoms with van der Waals surface area (Å²) >= 11 is 2.86. The fourth-order valence-electron chi connectivity index (χ4n) is 2.14. The van der Waals surface area contributed by atoms with Gasteiger partial charge < -0.3 is 16.8 Å². The van der Waals surface area contributed by atoms with E-state index in [0.717, 1.165) is 22.0 Å². The summed E-state index contributed by atoms with van der Waals surface area (Å²) in [6.07, 6.45) is 0.241. The Balaban J connectivity index is 1.54. The smallest absolute Gasteiger partial charge is 0.231 e. The molecule has 134 valence electrons. The molecule has 2 heterocycles. The van der Waals surface area contributed by atoms with Crippen molar-refractivity contribution in [2.24, 2.45) is 0 Å². The van der Waals surface area contributed by atoms with Gasteiger partial charge >= 0.3 is 0 Å². The molecule has 26 heavy (non-hydrogen) atoms. The van der Waals surface area contributed by atoms with Gasteiger partial charge in [0.1, 0.15) is 16.6 Å². The molecule has 1 aromatic carbocycles. The predicted octanol–water partition coefficient (Wildman–Crippen LogP) is 2.88. The van der Waals surface area contributed by atoms with Crippen LogP contribution in [0.3, 0.4) is 0 Å². The van der Waals surface area contributed by atoms with Crippen molar-refractivity contribution in [1.29, 1.82) is 0 Å². The summed E-state index contributed by atoms with van der Waals surface area (Å²) in [4.78, 5) is 24.9. The minimum atomic E-state index is -0.0886. The number of anilines is 3. The number of thioether (sulfide) groups is 1. The number of nitrogens with one attached hydrogen (secondary N) is 1. The molecule has 0 saturated heterocycles. The lowest BCUT2D eigenvalue weighted by atomic mass is 10.2. The van der Waals surface area contributed by atoms with Gasteiger partial charge in [-0.1, -0.05) is 29.5 Å². The number of thiazole rings is 1. The van der Waals surface area contributed by atoms with Crippen molar-refractivity contribution in [2.45, 2.75) is 24.3 Å². The highest BCUT2D eigenvalue weighted by molar-refractivity contribution is 7.98. The van der Waals surface area contributed by atoms with Crippen LogP contribution in [0.15, 0.2) is 40.9 Å². The SMILES string of the molecule is Cc1ccc(NC(=O)Cc2nc(CSc3nc(N)cc(N)n3)cs2)cc1. The first-order valence-electron chi connectivity index (χ1n) is 7.80. The molecule has 0 unspecified atom stereocenters. The summed E-state index contributed by atoms with van der Waals surface area (Å²) in [7, 11) is 0.